The van der Waals surface area contributed by atoms with Gasteiger partial charge in [-0.1, -0.05) is 0 Å². The van der Waals surface area contributed by atoms with Gasteiger partial charge >= 0.3 is 0 Å². The Morgan fingerprint density at radius 3 is 3.25 bits per heavy atom. The lowest BCUT2D eigenvalue weighted by Crippen LogP contribution is -2.25. The monoisotopic (exact) mass is 183 g/mol. The maximum atomic E-state index is 7.55. The zero-order chi connectivity index (χ0) is 8.72. The maximum absolute atomic E-state index is 7.55. The minimum absolute atomic E-state index is 0.208. The van der Waals surface area contributed by atoms with Gasteiger partial charge in [-0.2, -0.15) is 0 Å². The predicted octanol–water partition coefficient (Wildman–Crippen LogP) is -0.0130. The van der Waals surface area contributed by atoms with Crippen molar-refractivity contribution >= 4 is 18.4 Å². The second-order valence-corrected chi connectivity index (χ2v) is 3.11. The molecule has 2 rings (SSSR count). The molecule has 1 unspecified atom stereocenters. The molecule has 0 saturated carbocycles. The molecular formula is C6H9N5S. The molecule has 6 heteroatoms. The Balaban J connectivity index is 2.69. The van der Waals surface area contributed by atoms with Crippen LogP contribution in [-0.2, 0) is 0 Å². The lowest BCUT2D eigenvalue weighted by atomic mass is 10.4. The summed E-state index contributed by atoms with van der Waals surface area (Å²) in [6.45, 7) is 1.85. The summed E-state index contributed by atoms with van der Waals surface area (Å²) in [5.41, 5.74) is 6.60. The first-order chi connectivity index (χ1) is 5.68. The molecule has 12 heavy (non-hydrogen) atoms. The number of anilines is 1. The first-order valence-corrected chi connectivity index (χ1v) is 4.04. The Bertz CT molecular complexity index is 371. The third-order valence-electron chi connectivity index (χ3n) is 1.69. The molecule has 64 valence electrons. The highest BCUT2D eigenvalue weighted by Gasteiger charge is 2.17. The van der Waals surface area contributed by atoms with E-state index >= 15 is 0 Å². The van der Waals surface area contributed by atoms with Crippen LogP contribution >= 0.6 is 12.6 Å². The lowest BCUT2D eigenvalue weighted by Gasteiger charge is -2.05. The van der Waals surface area contributed by atoms with Gasteiger partial charge in [-0.15, -0.1) is 12.6 Å². The van der Waals surface area contributed by atoms with Crippen LogP contribution in [0.15, 0.2) is 6.07 Å². The zero-order valence-corrected chi connectivity index (χ0v) is 7.39. The highest BCUT2D eigenvalue weighted by molar-refractivity contribution is 7.80. The van der Waals surface area contributed by atoms with Crippen LogP contribution in [0.3, 0.4) is 0 Å². The van der Waals surface area contributed by atoms with E-state index in [-0.39, 0.29) is 11.1 Å². The molecular weight excluding hydrogens is 174 g/mol. The SMILES string of the molecule is Cc1cc2n(c(=N)n1)C(S)NN2. The summed E-state index contributed by atoms with van der Waals surface area (Å²) in [6.07, 6.45) is 0. The van der Waals surface area contributed by atoms with E-state index in [2.05, 4.69) is 28.5 Å². The van der Waals surface area contributed by atoms with Crippen molar-refractivity contribution in [3.8, 4) is 0 Å². The lowest BCUT2D eigenvalue weighted by molar-refractivity contribution is 0.621. The number of aromatic nitrogens is 2. The Morgan fingerprint density at radius 1 is 1.75 bits per heavy atom. The molecule has 2 heterocycles. The van der Waals surface area contributed by atoms with Crippen LogP contribution in [0.1, 0.15) is 11.2 Å². The van der Waals surface area contributed by atoms with Crippen LogP contribution in [0, 0.1) is 12.3 Å². The largest absolute Gasteiger partial charge is 0.304 e. The van der Waals surface area contributed by atoms with Crippen molar-refractivity contribution < 1.29 is 0 Å². The van der Waals surface area contributed by atoms with E-state index in [1.54, 1.807) is 4.57 Å². The van der Waals surface area contributed by atoms with E-state index in [4.69, 9.17) is 5.41 Å². The molecule has 0 amide bonds. The van der Waals surface area contributed by atoms with Gasteiger partial charge in [-0.25, -0.2) is 10.4 Å². The summed E-state index contributed by atoms with van der Waals surface area (Å²) < 4.78 is 1.66. The Hall–Kier alpha value is -1.01. The van der Waals surface area contributed by atoms with Gasteiger partial charge < -0.3 is 5.43 Å². The van der Waals surface area contributed by atoms with E-state index < -0.39 is 0 Å². The van der Waals surface area contributed by atoms with Crippen LogP contribution in [0.4, 0.5) is 5.82 Å². The van der Waals surface area contributed by atoms with E-state index in [1.807, 2.05) is 13.0 Å². The summed E-state index contributed by atoms with van der Waals surface area (Å²) in [5.74, 6) is 0.826. The maximum Gasteiger partial charge on any atom is 0.225 e. The van der Waals surface area contributed by atoms with Crippen molar-refractivity contribution in [2.24, 2.45) is 0 Å². The van der Waals surface area contributed by atoms with Crippen LogP contribution < -0.4 is 16.5 Å². The number of hydrogen-bond acceptors (Lipinski definition) is 5. The zero-order valence-electron chi connectivity index (χ0n) is 6.50. The predicted molar refractivity (Wildman–Crippen MR) is 47.6 cm³/mol. The molecule has 0 saturated heterocycles. The average Bonchev–Trinajstić information content (AvgIpc) is 2.31. The number of hydrazine groups is 1. The normalized spacial score (nSPS) is 20.3. The molecule has 1 aliphatic rings. The number of nitrogens with one attached hydrogen (secondary N) is 3. The highest BCUT2D eigenvalue weighted by atomic mass is 32.1. The molecule has 5 nitrogen and oxygen atoms in total. The van der Waals surface area contributed by atoms with E-state index in [9.17, 15) is 0 Å². The van der Waals surface area contributed by atoms with Crippen LogP contribution in [0.25, 0.3) is 0 Å². The van der Waals surface area contributed by atoms with Crippen LogP contribution in [0.5, 0.6) is 0 Å². The molecule has 0 fully saturated rings. The minimum atomic E-state index is -0.208. The summed E-state index contributed by atoms with van der Waals surface area (Å²) >= 11 is 4.20. The van der Waals surface area contributed by atoms with Gasteiger partial charge in [0.25, 0.3) is 0 Å². The standard InChI is InChI=1S/C6H9N5S/c1-3-2-4-9-10-6(12)11(4)5(7)8-3/h2,6-7,9-10,12H,1H3. The number of rotatable bonds is 0. The van der Waals surface area contributed by atoms with Crippen molar-refractivity contribution in [3.05, 3.63) is 17.4 Å². The quantitative estimate of drug-likeness (QED) is 0.428. The molecule has 1 aliphatic heterocycles. The van der Waals surface area contributed by atoms with Crippen molar-refractivity contribution in [1.29, 1.82) is 5.41 Å². The second kappa shape index (κ2) is 2.49. The summed E-state index contributed by atoms with van der Waals surface area (Å²) in [5, 5.41) is 7.55. The Kier molecular flexibility index (Phi) is 1.59. The van der Waals surface area contributed by atoms with Gasteiger partial charge in [-0.05, 0) is 6.92 Å². The number of fused-ring (bicyclic) bond motifs is 1. The fraction of sp³-hybridized carbons (Fsp3) is 0.333. The number of aryl methyl sites for hydroxylation is 1. The van der Waals surface area contributed by atoms with Crippen molar-refractivity contribution in [2.45, 2.75) is 12.4 Å². The van der Waals surface area contributed by atoms with Gasteiger partial charge in [-0.3, -0.25) is 9.98 Å². The molecule has 0 bridgehead atoms. The molecule has 1 aromatic heterocycles. The third-order valence-corrected chi connectivity index (χ3v) is 2.05. The van der Waals surface area contributed by atoms with E-state index in [0.29, 0.717) is 0 Å². The third kappa shape index (κ3) is 0.997. The number of thiol groups is 1. The Morgan fingerprint density at radius 2 is 2.50 bits per heavy atom. The smallest absolute Gasteiger partial charge is 0.225 e. The Labute approximate surface area is 74.7 Å². The molecule has 1 atom stereocenters. The summed E-state index contributed by atoms with van der Waals surface area (Å²) in [4.78, 5) is 4.00. The highest BCUT2D eigenvalue weighted by Crippen LogP contribution is 2.18. The molecule has 0 aromatic carbocycles. The van der Waals surface area contributed by atoms with Crippen molar-refractivity contribution in [1.82, 2.24) is 15.0 Å². The van der Waals surface area contributed by atoms with Gasteiger partial charge in [0.05, 0.1) is 0 Å². The number of nitrogens with zero attached hydrogens (tertiary/aromatic N) is 2. The molecule has 0 aliphatic carbocycles. The average molecular weight is 183 g/mol. The summed E-state index contributed by atoms with van der Waals surface area (Å²) in [6, 6.07) is 1.86. The van der Waals surface area contributed by atoms with Crippen molar-refractivity contribution in [3.63, 3.8) is 0 Å². The van der Waals surface area contributed by atoms with Gasteiger partial charge in [0.1, 0.15) is 11.3 Å². The molecule has 0 radical (unpaired) electrons. The first-order valence-electron chi connectivity index (χ1n) is 3.53. The fourth-order valence-corrected chi connectivity index (χ4v) is 1.48. The molecule has 3 N–H and O–H groups in total. The van der Waals surface area contributed by atoms with Crippen LogP contribution in [0.2, 0.25) is 0 Å². The molecule has 1 aromatic rings. The fourth-order valence-electron chi connectivity index (χ4n) is 1.18. The second-order valence-electron chi connectivity index (χ2n) is 2.62. The van der Waals surface area contributed by atoms with E-state index in [0.717, 1.165) is 11.5 Å². The van der Waals surface area contributed by atoms with Crippen molar-refractivity contribution in [2.75, 3.05) is 5.43 Å². The molecule has 0 spiro atoms. The van der Waals surface area contributed by atoms with Crippen LogP contribution in [-0.4, -0.2) is 9.55 Å². The van der Waals surface area contributed by atoms with E-state index in [1.165, 1.54) is 0 Å². The number of hydrogen-bond donors (Lipinski definition) is 4. The van der Waals surface area contributed by atoms with Gasteiger partial charge in [0.2, 0.25) is 5.62 Å². The van der Waals surface area contributed by atoms with Gasteiger partial charge in [0, 0.05) is 11.8 Å². The summed E-state index contributed by atoms with van der Waals surface area (Å²) in [7, 11) is 0. The minimum Gasteiger partial charge on any atom is -0.304 e. The van der Waals surface area contributed by atoms with Gasteiger partial charge in [0.15, 0.2) is 0 Å². The first kappa shape index (κ1) is 7.63. The topological polar surface area (TPSA) is 65.7 Å².